The van der Waals surface area contributed by atoms with E-state index in [1.165, 1.54) is 6.20 Å². The van der Waals surface area contributed by atoms with Crippen molar-refractivity contribution in [3.63, 3.8) is 0 Å². The van der Waals surface area contributed by atoms with Crippen LogP contribution in [-0.4, -0.2) is 35.5 Å². The Hall–Kier alpha value is -1.69. The van der Waals surface area contributed by atoms with Crippen LogP contribution in [0.15, 0.2) is 12.4 Å². The third-order valence-electron chi connectivity index (χ3n) is 2.93. The van der Waals surface area contributed by atoms with E-state index in [4.69, 9.17) is 11.5 Å². The molecule has 1 unspecified atom stereocenters. The molecule has 6 nitrogen and oxygen atoms in total. The Balaban J connectivity index is 2.72. The van der Waals surface area contributed by atoms with Gasteiger partial charge in [0.05, 0.1) is 0 Å². The molecule has 1 amide bonds. The Morgan fingerprint density at radius 3 is 2.56 bits per heavy atom. The third kappa shape index (κ3) is 3.66. The van der Waals surface area contributed by atoms with Gasteiger partial charge in [0.25, 0.3) is 5.91 Å². The molecule has 18 heavy (non-hydrogen) atoms. The first-order valence-corrected chi connectivity index (χ1v) is 6.01. The van der Waals surface area contributed by atoms with Gasteiger partial charge in [-0.25, -0.2) is 9.97 Å². The molecule has 1 atom stereocenters. The van der Waals surface area contributed by atoms with Gasteiger partial charge in [-0.15, -0.1) is 0 Å². The van der Waals surface area contributed by atoms with Gasteiger partial charge >= 0.3 is 0 Å². The molecule has 6 heteroatoms. The van der Waals surface area contributed by atoms with Crippen molar-refractivity contribution in [3.8, 4) is 0 Å². The van der Waals surface area contributed by atoms with Gasteiger partial charge in [-0.05, 0) is 12.3 Å². The number of carbonyl (C=O) groups excluding carboxylic acids is 1. The Bertz CT molecular complexity index is 407. The van der Waals surface area contributed by atoms with Crippen LogP contribution >= 0.6 is 0 Å². The van der Waals surface area contributed by atoms with Crippen molar-refractivity contribution >= 4 is 11.7 Å². The minimum atomic E-state index is -0.571. The standard InChI is InChI=1S/C12H21N5O/c1-8(2)9(13)4-7-17(3)12-10(11(14)18)15-5-6-16-12/h5-6,8-9H,4,7,13H2,1-3H3,(H2,14,18). The van der Waals surface area contributed by atoms with E-state index in [1.54, 1.807) is 6.20 Å². The molecule has 1 rings (SSSR count). The average molecular weight is 251 g/mol. The second kappa shape index (κ2) is 6.30. The van der Waals surface area contributed by atoms with Gasteiger partial charge in [0.15, 0.2) is 11.5 Å². The summed E-state index contributed by atoms with van der Waals surface area (Å²) in [6.45, 7) is 4.88. The third-order valence-corrected chi connectivity index (χ3v) is 2.93. The summed E-state index contributed by atoms with van der Waals surface area (Å²) in [4.78, 5) is 21.2. The topological polar surface area (TPSA) is 98.1 Å². The quantitative estimate of drug-likeness (QED) is 0.762. The molecule has 0 bridgehead atoms. The van der Waals surface area contributed by atoms with Gasteiger partial charge in [0, 0.05) is 32.0 Å². The Morgan fingerprint density at radius 1 is 1.39 bits per heavy atom. The summed E-state index contributed by atoms with van der Waals surface area (Å²) in [5.74, 6) is 0.356. The smallest absolute Gasteiger partial charge is 0.271 e. The minimum Gasteiger partial charge on any atom is -0.364 e. The highest BCUT2D eigenvalue weighted by molar-refractivity contribution is 5.95. The lowest BCUT2D eigenvalue weighted by molar-refractivity contribution is 0.0995. The van der Waals surface area contributed by atoms with Crippen LogP contribution in [0.3, 0.4) is 0 Å². The van der Waals surface area contributed by atoms with Gasteiger partial charge in [0.2, 0.25) is 0 Å². The van der Waals surface area contributed by atoms with Crippen LogP contribution in [0.25, 0.3) is 0 Å². The van der Waals surface area contributed by atoms with Crippen LogP contribution in [0.1, 0.15) is 30.8 Å². The van der Waals surface area contributed by atoms with Crippen molar-refractivity contribution in [2.24, 2.45) is 17.4 Å². The summed E-state index contributed by atoms with van der Waals surface area (Å²) < 4.78 is 0. The molecule has 0 aromatic carbocycles. The summed E-state index contributed by atoms with van der Waals surface area (Å²) in [5, 5.41) is 0. The number of anilines is 1. The van der Waals surface area contributed by atoms with E-state index >= 15 is 0 Å². The number of aromatic nitrogens is 2. The summed E-state index contributed by atoms with van der Waals surface area (Å²) in [7, 11) is 1.85. The molecular weight excluding hydrogens is 230 g/mol. The summed E-state index contributed by atoms with van der Waals surface area (Å²) in [6.07, 6.45) is 3.82. The fraction of sp³-hybridized carbons (Fsp3) is 0.583. The predicted molar refractivity (Wildman–Crippen MR) is 71.3 cm³/mol. The van der Waals surface area contributed by atoms with Crippen molar-refractivity contribution in [2.75, 3.05) is 18.5 Å². The maximum absolute atomic E-state index is 11.2. The van der Waals surface area contributed by atoms with Crippen LogP contribution in [0.5, 0.6) is 0 Å². The molecule has 1 aromatic heterocycles. The van der Waals surface area contributed by atoms with Crippen molar-refractivity contribution in [2.45, 2.75) is 26.3 Å². The van der Waals surface area contributed by atoms with Gasteiger partial charge in [-0.3, -0.25) is 4.79 Å². The zero-order valence-corrected chi connectivity index (χ0v) is 11.1. The number of primary amides is 1. The number of carbonyl (C=O) groups is 1. The largest absolute Gasteiger partial charge is 0.364 e. The number of hydrogen-bond acceptors (Lipinski definition) is 5. The molecule has 0 aliphatic carbocycles. The average Bonchev–Trinajstić information content (AvgIpc) is 2.35. The zero-order valence-electron chi connectivity index (χ0n) is 11.1. The lowest BCUT2D eigenvalue weighted by Crippen LogP contribution is -2.33. The molecule has 0 aliphatic heterocycles. The maximum Gasteiger partial charge on any atom is 0.271 e. The van der Waals surface area contributed by atoms with E-state index in [1.807, 2.05) is 11.9 Å². The number of hydrogen-bond donors (Lipinski definition) is 2. The van der Waals surface area contributed by atoms with E-state index in [2.05, 4.69) is 23.8 Å². The number of rotatable bonds is 6. The highest BCUT2D eigenvalue weighted by atomic mass is 16.1. The summed E-state index contributed by atoms with van der Waals surface area (Å²) >= 11 is 0. The first-order chi connectivity index (χ1) is 8.43. The zero-order chi connectivity index (χ0) is 13.7. The predicted octanol–water partition coefficient (Wildman–Crippen LogP) is 0.385. The second-order valence-electron chi connectivity index (χ2n) is 4.71. The summed E-state index contributed by atoms with van der Waals surface area (Å²) in [6, 6.07) is 0.126. The maximum atomic E-state index is 11.2. The monoisotopic (exact) mass is 251 g/mol. The first kappa shape index (κ1) is 14.4. The van der Waals surface area contributed by atoms with Crippen molar-refractivity contribution in [1.29, 1.82) is 0 Å². The van der Waals surface area contributed by atoms with E-state index < -0.39 is 5.91 Å². The molecule has 0 radical (unpaired) electrons. The van der Waals surface area contributed by atoms with E-state index in [-0.39, 0.29) is 11.7 Å². The Morgan fingerprint density at radius 2 is 2.00 bits per heavy atom. The molecule has 0 spiro atoms. The van der Waals surface area contributed by atoms with E-state index in [9.17, 15) is 4.79 Å². The van der Waals surface area contributed by atoms with Crippen LogP contribution in [-0.2, 0) is 0 Å². The molecule has 0 fully saturated rings. The van der Waals surface area contributed by atoms with Crippen LogP contribution in [0, 0.1) is 5.92 Å². The minimum absolute atomic E-state index is 0.126. The van der Waals surface area contributed by atoms with Crippen LogP contribution < -0.4 is 16.4 Å². The molecular formula is C12H21N5O. The molecule has 1 aromatic rings. The van der Waals surface area contributed by atoms with E-state index in [0.29, 0.717) is 18.3 Å². The summed E-state index contributed by atoms with van der Waals surface area (Å²) in [5.41, 5.74) is 11.4. The fourth-order valence-corrected chi connectivity index (χ4v) is 1.57. The number of nitrogens with two attached hydrogens (primary N) is 2. The molecule has 1 heterocycles. The lowest BCUT2D eigenvalue weighted by atomic mass is 10.0. The van der Waals surface area contributed by atoms with Crippen molar-refractivity contribution < 1.29 is 4.79 Å². The van der Waals surface area contributed by atoms with E-state index in [0.717, 1.165) is 6.42 Å². The van der Waals surface area contributed by atoms with Crippen molar-refractivity contribution in [3.05, 3.63) is 18.1 Å². The van der Waals surface area contributed by atoms with Gasteiger partial charge in [0.1, 0.15) is 0 Å². The van der Waals surface area contributed by atoms with Crippen LogP contribution in [0.4, 0.5) is 5.82 Å². The molecule has 0 saturated heterocycles. The number of amides is 1. The molecule has 100 valence electrons. The first-order valence-electron chi connectivity index (χ1n) is 6.01. The molecule has 0 aliphatic rings. The Labute approximate surface area is 107 Å². The lowest BCUT2D eigenvalue weighted by Gasteiger charge is -2.22. The highest BCUT2D eigenvalue weighted by Gasteiger charge is 2.16. The number of nitrogens with zero attached hydrogens (tertiary/aromatic N) is 3. The normalized spacial score (nSPS) is 12.5. The second-order valence-corrected chi connectivity index (χ2v) is 4.71. The van der Waals surface area contributed by atoms with Gasteiger partial charge in [-0.1, -0.05) is 13.8 Å². The molecule has 4 N–H and O–H groups in total. The Kier molecular flexibility index (Phi) is 5.03. The highest BCUT2D eigenvalue weighted by Crippen LogP contribution is 2.14. The van der Waals surface area contributed by atoms with Gasteiger partial charge in [-0.2, -0.15) is 0 Å². The van der Waals surface area contributed by atoms with Crippen molar-refractivity contribution in [1.82, 2.24) is 9.97 Å². The SMILES string of the molecule is CC(C)C(N)CCN(C)c1nccnc1C(N)=O. The van der Waals surface area contributed by atoms with Crippen LogP contribution in [0.2, 0.25) is 0 Å². The van der Waals surface area contributed by atoms with Gasteiger partial charge < -0.3 is 16.4 Å². The fourth-order valence-electron chi connectivity index (χ4n) is 1.57. The molecule has 0 saturated carbocycles.